The van der Waals surface area contributed by atoms with Crippen molar-refractivity contribution in [2.75, 3.05) is 26.7 Å². The van der Waals surface area contributed by atoms with Crippen LogP contribution in [0.3, 0.4) is 0 Å². The van der Waals surface area contributed by atoms with Gasteiger partial charge in [-0.15, -0.1) is 0 Å². The second kappa shape index (κ2) is 9.09. The molecule has 0 saturated heterocycles. The molecular weight excluding hydrogens is 256 g/mol. The van der Waals surface area contributed by atoms with Gasteiger partial charge in [-0.2, -0.15) is 0 Å². The lowest BCUT2D eigenvalue weighted by molar-refractivity contribution is -0.121. The predicted octanol–water partition coefficient (Wildman–Crippen LogP) is 1.38. The highest BCUT2D eigenvalue weighted by Crippen LogP contribution is 2.14. The Labute approximate surface area is 119 Å². The number of Topliss-reactive ketones (excluding diaryl/α,β-unsaturated/α-hetero) is 1. The first-order chi connectivity index (χ1) is 9.63. The molecule has 1 aromatic rings. The summed E-state index contributed by atoms with van der Waals surface area (Å²) < 4.78 is 5.53. The summed E-state index contributed by atoms with van der Waals surface area (Å²) in [7, 11) is 1.84. The van der Waals surface area contributed by atoms with Gasteiger partial charge >= 0.3 is 0 Å². The molecule has 5 nitrogen and oxygen atoms in total. The first kappa shape index (κ1) is 16.2. The highest BCUT2D eigenvalue weighted by molar-refractivity contribution is 5.94. The molecule has 20 heavy (non-hydrogen) atoms. The van der Waals surface area contributed by atoms with Crippen molar-refractivity contribution in [1.29, 1.82) is 0 Å². The number of nitrogens with one attached hydrogen (secondary N) is 2. The van der Waals surface area contributed by atoms with Gasteiger partial charge in [-0.05, 0) is 32.5 Å². The molecule has 0 unspecified atom stereocenters. The van der Waals surface area contributed by atoms with Crippen molar-refractivity contribution in [3.05, 3.63) is 29.8 Å². The van der Waals surface area contributed by atoms with Crippen LogP contribution in [0, 0.1) is 0 Å². The number of hydrogen-bond acceptors (Lipinski definition) is 4. The molecule has 0 atom stereocenters. The van der Waals surface area contributed by atoms with Crippen molar-refractivity contribution in [2.45, 2.75) is 19.8 Å². The SMILES string of the molecule is CNCCNC(=O)CCCOc1cccc(C(C)=O)c1. The zero-order valence-corrected chi connectivity index (χ0v) is 12.1. The van der Waals surface area contributed by atoms with Crippen LogP contribution in [0.2, 0.25) is 0 Å². The fourth-order valence-electron chi connectivity index (χ4n) is 1.64. The molecule has 0 spiro atoms. The van der Waals surface area contributed by atoms with Gasteiger partial charge in [0.05, 0.1) is 6.61 Å². The van der Waals surface area contributed by atoms with Gasteiger partial charge in [-0.25, -0.2) is 0 Å². The summed E-state index contributed by atoms with van der Waals surface area (Å²) >= 11 is 0. The lowest BCUT2D eigenvalue weighted by atomic mass is 10.1. The number of ketones is 1. The Kier molecular flexibility index (Phi) is 7.35. The maximum atomic E-state index is 11.4. The van der Waals surface area contributed by atoms with Gasteiger partial charge in [0.25, 0.3) is 0 Å². The molecule has 0 heterocycles. The lowest BCUT2D eigenvalue weighted by Gasteiger charge is -2.07. The second-order valence-electron chi connectivity index (χ2n) is 4.49. The lowest BCUT2D eigenvalue weighted by Crippen LogP contribution is -2.30. The van der Waals surface area contributed by atoms with Gasteiger partial charge < -0.3 is 15.4 Å². The largest absolute Gasteiger partial charge is 0.494 e. The van der Waals surface area contributed by atoms with E-state index in [0.717, 1.165) is 6.54 Å². The molecule has 0 aromatic heterocycles. The number of ether oxygens (including phenoxy) is 1. The molecule has 0 aliphatic rings. The molecule has 0 fully saturated rings. The summed E-state index contributed by atoms with van der Waals surface area (Å²) in [6.07, 6.45) is 1.09. The molecule has 1 aromatic carbocycles. The van der Waals surface area contributed by atoms with Crippen molar-refractivity contribution in [2.24, 2.45) is 0 Å². The fourth-order valence-corrected chi connectivity index (χ4v) is 1.64. The van der Waals surface area contributed by atoms with Crippen LogP contribution in [-0.4, -0.2) is 38.4 Å². The molecule has 1 rings (SSSR count). The topological polar surface area (TPSA) is 67.4 Å². The minimum atomic E-state index is 0.0133. The van der Waals surface area contributed by atoms with E-state index in [1.165, 1.54) is 6.92 Å². The van der Waals surface area contributed by atoms with Gasteiger partial charge in [-0.3, -0.25) is 9.59 Å². The number of rotatable bonds is 9. The molecule has 0 aliphatic heterocycles. The Hall–Kier alpha value is -1.88. The highest BCUT2D eigenvalue weighted by Gasteiger charge is 2.03. The summed E-state index contributed by atoms with van der Waals surface area (Å²) in [6.45, 7) is 3.38. The van der Waals surface area contributed by atoms with E-state index in [-0.39, 0.29) is 11.7 Å². The van der Waals surface area contributed by atoms with Crippen LogP contribution in [0.25, 0.3) is 0 Å². The Morgan fingerprint density at radius 2 is 2.05 bits per heavy atom. The summed E-state index contributed by atoms with van der Waals surface area (Å²) in [5.41, 5.74) is 0.632. The maximum absolute atomic E-state index is 11.4. The molecule has 0 radical (unpaired) electrons. The first-order valence-corrected chi connectivity index (χ1v) is 6.78. The van der Waals surface area contributed by atoms with E-state index in [9.17, 15) is 9.59 Å². The monoisotopic (exact) mass is 278 g/mol. The Balaban J connectivity index is 2.22. The van der Waals surface area contributed by atoms with Gasteiger partial charge in [0.2, 0.25) is 5.91 Å². The molecule has 0 aliphatic carbocycles. The third kappa shape index (κ3) is 6.33. The molecule has 0 saturated carbocycles. The van der Waals surface area contributed by atoms with Crippen LogP contribution < -0.4 is 15.4 Å². The minimum Gasteiger partial charge on any atom is -0.494 e. The van der Waals surface area contributed by atoms with E-state index in [1.807, 2.05) is 7.05 Å². The van der Waals surface area contributed by atoms with Crippen molar-refractivity contribution in [1.82, 2.24) is 10.6 Å². The fraction of sp³-hybridized carbons (Fsp3) is 0.467. The number of benzene rings is 1. The van der Waals surface area contributed by atoms with E-state index in [2.05, 4.69) is 10.6 Å². The van der Waals surface area contributed by atoms with Crippen LogP contribution in [0.4, 0.5) is 0 Å². The van der Waals surface area contributed by atoms with E-state index >= 15 is 0 Å². The van der Waals surface area contributed by atoms with Crippen molar-refractivity contribution >= 4 is 11.7 Å². The third-order valence-corrected chi connectivity index (χ3v) is 2.75. The molecule has 1 amide bonds. The van der Waals surface area contributed by atoms with E-state index in [0.29, 0.717) is 37.3 Å². The number of carbonyl (C=O) groups excluding carboxylic acids is 2. The van der Waals surface area contributed by atoms with Crippen molar-refractivity contribution in [3.63, 3.8) is 0 Å². The normalized spacial score (nSPS) is 10.1. The van der Waals surface area contributed by atoms with Crippen LogP contribution >= 0.6 is 0 Å². The van der Waals surface area contributed by atoms with Gasteiger partial charge in [0.1, 0.15) is 5.75 Å². The average molecular weight is 278 g/mol. The quantitative estimate of drug-likeness (QED) is 0.529. The maximum Gasteiger partial charge on any atom is 0.220 e. The smallest absolute Gasteiger partial charge is 0.220 e. The van der Waals surface area contributed by atoms with Gasteiger partial charge in [0, 0.05) is 25.1 Å². The van der Waals surface area contributed by atoms with Crippen molar-refractivity contribution < 1.29 is 14.3 Å². The number of amides is 1. The molecule has 2 N–H and O–H groups in total. The number of carbonyl (C=O) groups is 2. The minimum absolute atomic E-state index is 0.0133. The van der Waals surface area contributed by atoms with E-state index in [1.54, 1.807) is 24.3 Å². The summed E-state index contributed by atoms with van der Waals surface area (Å²) in [5, 5.41) is 5.76. The van der Waals surface area contributed by atoms with Crippen LogP contribution in [0.15, 0.2) is 24.3 Å². The zero-order chi connectivity index (χ0) is 14.8. The van der Waals surface area contributed by atoms with Crippen LogP contribution in [0.1, 0.15) is 30.1 Å². The van der Waals surface area contributed by atoms with Gasteiger partial charge in [0.15, 0.2) is 5.78 Å². The van der Waals surface area contributed by atoms with Crippen molar-refractivity contribution in [3.8, 4) is 5.75 Å². The van der Waals surface area contributed by atoms with E-state index < -0.39 is 0 Å². The molecule has 5 heteroatoms. The Bertz CT molecular complexity index is 446. The first-order valence-electron chi connectivity index (χ1n) is 6.78. The van der Waals surface area contributed by atoms with Crippen LogP contribution in [0.5, 0.6) is 5.75 Å². The second-order valence-corrected chi connectivity index (χ2v) is 4.49. The van der Waals surface area contributed by atoms with E-state index in [4.69, 9.17) is 4.74 Å². The predicted molar refractivity (Wildman–Crippen MR) is 78.1 cm³/mol. The van der Waals surface area contributed by atoms with Gasteiger partial charge in [-0.1, -0.05) is 12.1 Å². The molecular formula is C15H22N2O3. The standard InChI is InChI=1S/C15H22N2O3/c1-12(18)13-5-3-6-14(11-13)20-10-4-7-15(19)17-9-8-16-2/h3,5-6,11,16H,4,7-10H2,1-2H3,(H,17,19). The molecule has 0 bridgehead atoms. The Morgan fingerprint density at radius 1 is 1.25 bits per heavy atom. The Morgan fingerprint density at radius 3 is 2.75 bits per heavy atom. The molecule has 110 valence electrons. The van der Waals surface area contributed by atoms with Crippen LogP contribution in [-0.2, 0) is 4.79 Å². The number of hydrogen-bond donors (Lipinski definition) is 2. The third-order valence-electron chi connectivity index (χ3n) is 2.75. The highest BCUT2D eigenvalue weighted by atomic mass is 16.5. The summed E-state index contributed by atoms with van der Waals surface area (Å²) in [6, 6.07) is 7.07. The number of likely N-dealkylation sites (N-methyl/N-ethyl adjacent to an activating group) is 1. The summed E-state index contributed by atoms with van der Waals surface area (Å²) in [4.78, 5) is 22.7. The zero-order valence-electron chi connectivity index (χ0n) is 12.1. The average Bonchev–Trinajstić information content (AvgIpc) is 2.44. The summed E-state index contributed by atoms with van der Waals surface area (Å²) in [5.74, 6) is 0.703.